The average Bonchev–Trinajstić information content (AvgIpc) is 2.90. The van der Waals surface area contributed by atoms with Crippen LogP contribution in [0, 0.1) is 0 Å². The van der Waals surface area contributed by atoms with E-state index in [1.807, 2.05) is 6.07 Å². The average molecular weight is 258 g/mol. The highest BCUT2D eigenvalue weighted by atomic mass is 16.3. The Morgan fingerprint density at radius 2 is 1.84 bits per heavy atom. The largest absolute Gasteiger partial charge is 0.382 e. The van der Waals surface area contributed by atoms with Crippen LogP contribution >= 0.6 is 0 Å². The number of hydrogen-bond donors (Lipinski definition) is 1. The summed E-state index contributed by atoms with van der Waals surface area (Å²) in [5.74, 6) is 0.941. The van der Waals surface area contributed by atoms with Crippen molar-refractivity contribution < 1.29 is 5.11 Å². The van der Waals surface area contributed by atoms with Crippen molar-refractivity contribution in [3.8, 4) is 0 Å². The van der Waals surface area contributed by atoms with Gasteiger partial charge in [-0.2, -0.15) is 0 Å². The summed E-state index contributed by atoms with van der Waals surface area (Å²) in [5.41, 5.74) is 0.625. The third kappa shape index (κ3) is 2.66. The number of rotatable bonds is 3. The molecule has 0 saturated heterocycles. The molecular formula is C16H22N2O. The molecule has 2 aliphatic rings. The molecule has 1 N–H and O–H groups in total. The lowest BCUT2D eigenvalue weighted by Crippen LogP contribution is -2.48. The molecule has 0 amide bonds. The van der Waals surface area contributed by atoms with Crippen LogP contribution in [0.25, 0.3) is 0 Å². The van der Waals surface area contributed by atoms with Crippen LogP contribution in [0.1, 0.15) is 37.7 Å². The first-order chi connectivity index (χ1) is 9.28. The van der Waals surface area contributed by atoms with E-state index in [4.69, 9.17) is 0 Å². The van der Waals surface area contributed by atoms with E-state index in [1.165, 1.54) is 12.0 Å². The SMILES string of the molecule is OC1(C2=NCCN2Cc2ccccc2)CCCCC1. The molecule has 1 aromatic rings. The zero-order valence-electron chi connectivity index (χ0n) is 11.4. The first-order valence-corrected chi connectivity index (χ1v) is 7.34. The molecule has 102 valence electrons. The minimum absolute atomic E-state index is 0.663. The summed E-state index contributed by atoms with van der Waals surface area (Å²) in [5, 5.41) is 10.8. The first-order valence-electron chi connectivity index (χ1n) is 7.34. The Morgan fingerprint density at radius 3 is 2.58 bits per heavy atom. The van der Waals surface area contributed by atoms with Gasteiger partial charge in [-0.15, -0.1) is 0 Å². The van der Waals surface area contributed by atoms with Crippen molar-refractivity contribution in [3.05, 3.63) is 35.9 Å². The Morgan fingerprint density at radius 1 is 1.11 bits per heavy atom. The second-order valence-corrected chi connectivity index (χ2v) is 5.70. The van der Waals surface area contributed by atoms with Crippen molar-refractivity contribution in [3.63, 3.8) is 0 Å². The fraction of sp³-hybridized carbons (Fsp3) is 0.562. The van der Waals surface area contributed by atoms with Gasteiger partial charge in [-0.25, -0.2) is 0 Å². The number of benzene rings is 1. The van der Waals surface area contributed by atoms with Crippen molar-refractivity contribution in [2.45, 2.75) is 44.2 Å². The maximum absolute atomic E-state index is 10.8. The highest BCUT2D eigenvalue weighted by Gasteiger charge is 2.39. The molecule has 0 bridgehead atoms. The maximum atomic E-state index is 10.8. The van der Waals surface area contributed by atoms with Crippen LogP contribution < -0.4 is 0 Å². The number of aliphatic hydroxyl groups is 1. The topological polar surface area (TPSA) is 35.8 Å². The molecule has 0 spiro atoms. The molecule has 0 aromatic heterocycles. The van der Waals surface area contributed by atoms with Gasteiger partial charge < -0.3 is 10.0 Å². The van der Waals surface area contributed by atoms with E-state index in [1.54, 1.807) is 0 Å². The maximum Gasteiger partial charge on any atom is 0.132 e. The van der Waals surface area contributed by atoms with Gasteiger partial charge in [0.05, 0.1) is 6.54 Å². The van der Waals surface area contributed by atoms with Gasteiger partial charge in [-0.1, -0.05) is 49.6 Å². The quantitative estimate of drug-likeness (QED) is 0.904. The fourth-order valence-corrected chi connectivity index (χ4v) is 3.24. The van der Waals surface area contributed by atoms with Crippen LogP contribution in [-0.4, -0.2) is 34.5 Å². The van der Waals surface area contributed by atoms with E-state index in [2.05, 4.69) is 34.2 Å². The smallest absolute Gasteiger partial charge is 0.132 e. The van der Waals surface area contributed by atoms with Crippen molar-refractivity contribution >= 4 is 5.84 Å². The summed E-state index contributed by atoms with van der Waals surface area (Å²) in [7, 11) is 0. The Hall–Kier alpha value is -1.35. The van der Waals surface area contributed by atoms with Crippen LogP contribution in [0.15, 0.2) is 35.3 Å². The van der Waals surface area contributed by atoms with Crippen LogP contribution in [0.5, 0.6) is 0 Å². The highest BCUT2D eigenvalue weighted by molar-refractivity contribution is 5.91. The van der Waals surface area contributed by atoms with Crippen molar-refractivity contribution in [2.75, 3.05) is 13.1 Å². The molecule has 1 aromatic carbocycles. The zero-order chi connectivity index (χ0) is 13.1. The zero-order valence-corrected chi connectivity index (χ0v) is 11.4. The number of hydrogen-bond acceptors (Lipinski definition) is 3. The lowest BCUT2D eigenvalue weighted by atomic mass is 9.83. The Labute approximate surface area is 115 Å². The van der Waals surface area contributed by atoms with Crippen molar-refractivity contribution in [1.82, 2.24) is 4.90 Å². The molecule has 1 saturated carbocycles. The van der Waals surface area contributed by atoms with Gasteiger partial charge in [0.2, 0.25) is 0 Å². The van der Waals surface area contributed by atoms with Crippen LogP contribution in [0.4, 0.5) is 0 Å². The summed E-state index contributed by atoms with van der Waals surface area (Å²) in [6, 6.07) is 10.5. The minimum atomic E-state index is -0.663. The lowest BCUT2D eigenvalue weighted by molar-refractivity contribution is 0.0595. The summed E-state index contributed by atoms with van der Waals surface area (Å²) in [6.45, 7) is 2.62. The third-order valence-electron chi connectivity index (χ3n) is 4.24. The Kier molecular flexibility index (Phi) is 3.56. The molecule has 1 aliphatic carbocycles. The molecule has 0 radical (unpaired) electrons. The third-order valence-corrected chi connectivity index (χ3v) is 4.24. The molecule has 3 nitrogen and oxygen atoms in total. The van der Waals surface area contributed by atoms with E-state index in [0.717, 1.165) is 51.2 Å². The van der Waals surface area contributed by atoms with Crippen molar-refractivity contribution in [2.24, 2.45) is 4.99 Å². The van der Waals surface area contributed by atoms with Gasteiger partial charge in [-0.05, 0) is 18.4 Å². The normalized spacial score (nSPS) is 22.4. The Bertz CT molecular complexity index is 449. The molecular weight excluding hydrogens is 236 g/mol. The van der Waals surface area contributed by atoms with E-state index < -0.39 is 5.60 Å². The molecule has 1 aliphatic heterocycles. The van der Waals surface area contributed by atoms with Crippen LogP contribution in [0.2, 0.25) is 0 Å². The predicted octanol–water partition coefficient (Wildman–Crippen LogP) is 2.60. The monoisotopic (exact) mass is 258 g/mol. The van der Waals surface area contributed by atoms with Gasteiger partial charge in [0.15, 0.2) is 0 Å². The Balaban J connectivity index is 1.74. The van der Waals surface area contributed by atoms with Crippen LogP contribution in [-0.2, 0) is 6.54 Å². The van der Waals surface area contributed by atoms with E-state index in [-0.39, 0.29) is 0 Å². The minimum Gasteiger partial charge on any atom is -0.382 e. The van der Waals surface area contributed by atoms with Gasteiger partial charge in [-0.3, -0.25) is 4.99 Å². The molecule has 3 heteroatoms. The molecule has 3 rings (SSSR count). The molecule has 19 heavy (non-hydrogen) atoms. The summed E-state index contributed by atoms with van der Waals surface area (Å²) in [4.78, 5) is 6.87. The molecule has 0 unspecified atom stereocenters. The van der Waals surface area contributed by atoms with Gasteiger partial charge in [0.1, 0.15) is 11.4 Å². The highest BCUT2D eigenvalue weighted by Crippen LogP contribution is 2.32. The number of aliphatic imine (C=N–C) groups is 1. The van der Waals surface area contributed by atoms with Gasteiger partial charge in [0.25, 0.3) is 0 Å². The van der Waals surface area contributed by atoms with Crippen LogP contribution in [0.3, 0.4) is 0 Å². The standard InChI is InChI=1S/C16H22N2O/c19-16(9-5-2-6-10-16)15-17-11-12-18(15)13-14-7-3-1-4-8-14/h1,3-4,7-8,19H,2,5-6,9-13H2. The number of nitrogens with zero attached hydrogens (tertiary/aromatic N) is 2. The van der Waals surface area contributed by atoms with E-state index in [9.17, 15) is 5.11 Å². The predicted molar refractivity (Wildman–Crippen MR) is 77.2 cm³/mol. The van der Waals surface area contributed by atoms with Crippen molar-refractivity contribution in [1.29, 1.82) is 0 Å². The summed E-state index contributed by atoms with van der Waals surface area (Å²) < 4.78 is 0. The van der Waals surface area contributed by atoms with Gasteiger partial charge >= 0.3 is 0 Å². The second-order valence-electron chi connectivity index (χ2n) is 5.70. The summed E-state index contributed by atoms with van der Waals surface area (Å²) >= 11 is 0. The first kappa shape index (κ1) is 12.7. The van der Waals surface area contributed by atoms with E-state index >= 15 is 0 Å². The molecule has 1 heterocycles. The van der Waals surface area contributed by atoms with Gasteiger partial charge in [0, 0.05) is 13.1 Å². The number of amidine groups is 1. The fourth-order valence-electron chi connectivity index (χ4n) is 3.24. The molecule has 1 fully saturated rings. The lowest BCUT2D eigenvalue weighted by Gasteiger charge is -2.36. The molecule has 0 atom stereocenters. The second kappa shape index (κ2) is 5.33. The van der Waals surface area contributed by atoms with E-state index in [0.29, 0.717) is 0 Å². The summed E-state index contributed by atoms with van der Waals surface area (Å²) in [6.07, 6.45) is 5.23.